The molecular weight excluding hydrogens is 466 g/mol. The predicted molar refractivity (Wildman–Crippen MR) is 126 cm³/mol. The molecular formula is C23H18ClN3O5S. The molecule has 2 heterocycles. The van der Waals surface area contributed by atoms with Gasteiger partial charge in [0.15, 0.2) is 5.16 Å². The molecule has 10 heteroatoms. The molecule has 2 aromatic heterocycles. The molecule has 33 heavy (non-hydrogen) atoms. The quantitative estimate of drug-likeness (QED) is 0.238. The van der Waals surface area contributed by atoms with E-state index < -0.39 is 5.97 Å². The third-order valence-corrected chi connectivity index (χ3v) is 5.93. The van der Waals surface area contributed by atoms with E-state index >= 15 is 0 Å². The van der Waals surface area contributed by atoms with Gasteiger partial charge in [-0.2, -0.15) is 0 Å². The summed E-state index contributed by atoms with van der Waals surface area (Å²) in [5.74, 6) is -0.405. The number of rotatable bonds is 7. The van der Waals surface area contributed by atoms with Gasteiger partial charge in [0, 0.05) is 5.02 Å². The van der Waals surface area contributed by atoms with Gasteiger partial charge in [-0.15, -0.1) is 0 Å². The molecule has 8 nitrogen and oxygen atoms in total. The highest BCUT2D eigenvalue weighted by Gasteiger charge is 2.17. The lowest BCUT2D eigenvalue weighted by atomic mass is 10.2. The van der Waals surface area contributed by atoms with Crippen LogP contribution in [0.2, 0.25) is 5.02 Å². The van der Waals surface area contributed by atoms with Gasteiger partial charge < -0.3 is 14.5 Å². The highest BCUT2D eigenvalue weighted by Crippen LogP contribution is 2.22. The second-order valence-corrected chi connectivity index (χ2v) is 8.28. The fraction of sp³-hybridized carbons (Fsp3) is 0.130. The van der Waals surface area contributed by atoms with Crippen molar-refractivity contribution in [3.63, 3.8) is 0 Å². The number of nitrogens with one attached hydrogen (secondary N) is 1. The van der Waals surface area contributed by atoms with Gasteiger partial charge in [0.2, 0.25) is 5.91 Å². The minimum Gasteiger partial charge on any atom is -0.467 e. The number of hydrogen-bond acceptors (Lipinski definition) is 7. The number of amides is 1. The summed E-state index contributed by atoms with van der Waals surface area (Å²) in [6, 6.07) is 14.9. The van der Waals surface area contributed by atoms with E-state index in [4.69, 9.17) is 20.8 Å². The first-order chi connectivity index (χ1) is 16.0. The topological polar surface area (TPSA) is 103 Å². The summed E-state index contributed by atoms with van der Waals surface area (Å²) >= 11 is 7.17. The number of anilines is 1. The number of aromatic nitrogens is 2. The molecule has 0 fully saturated rings. The van der Waals surface area contributed by atoms with Crippen LogP contribution in [0.1, 0.15) is 16.1 Å². The van der Waals surface area contributed by atoms with Gasteiger partial charge in [0.25, 0.3) is 5.56 Å². The minimum absolute atomic E-state index is 0.0494. The average Bonchev–Trinajstić information content (AvgIpc) is 3.33. The summed E-state index contributed by atoms with van der Waals surface area (Å²) in [5.41, 5.74) is 0.738. The minimum atomic E-state index is -0.557. The van der Waals surface area contributed by atoms with Crippen LogP contribution in [0, 0.1) is 0 Å². The van der Waals surface area contributed by atoms with Crippen LogP contribution >= 0.6 is 23.4 Å². The highest BCUT2D eigenvalue weighted by molar-refractivity contribution is 7.99. The van der Waals surface area contributed by atoms with Crippen molar-refractivity contribution in [3.05, 3.63) is 87.6 Å². The van der Waals surface area contributed by atoms with Crippen LogP contribution in [0.3, 0.4) is 0 Å². The van der Waals surface area contributed by atoms with Crippen molar-refractivity contribution < 1.29 is 18.7 Å². The second kappa shape index (κ2) is 9.93. The fourth-order valence-corrected chi connectivity index (χ4v) is 4.14. The molecule has 0 saturated heterocycles. The Bertz CT molecular complexity index is 1380. The Kier molecular flexibility index (Phi) is 6.81. The molecule has 0 aliphatic rings. The van der Waals surface area contributed by atoms with Crippen molar-refractivity contribution in [2.24, 2.45) is 0 Å². The number of hydrogen-bond donors (Lipinski definition) is 1. The van der Waals surface area contributed by atoms with Crippen molar-refractivity contribution in [3.8, 4) is 0 Å². The number of thioether (sulfide) groups is 1. The van der Waals surface area contributed by atoms with Gasteiger partial charge in [-0.3, -0.25) is 14.2 Å². The number of methoxy groups -OCH3 is 1. The standard InChI is InChI=1S/C23H18ClN3O5S/c1-31-22(30)17-6-2-3-7-18(17)25-20(28)13-33-23-26-19-11-14(24)8-9-16(19)21(29)27(23)12-15-5-4-10-32-15/h2-11H,12-13H2,1H3,(H,25,28). The molecule has 0 atom stereocenters. The summed E-state index contributed by atoms with van der Waals surface area (Å²) in [7, 11) is 1.27. The van der Waals surface area contributed by atoms with Crippen molar-refractivity contribution in [2.45, 2.75) is 11.7 Å². The second-order valence-electron chi connectivity index (χ2n) is 6.90. The Labute approximate surface area is 197 Å². The van der Waals surface area contributed by atoms with Crippen LogP contribution in [0.25, 0.3) is 10.9 Å². The van der Waals surface area contributed by atoms with Crippen LogP contribution in [0.15, 0.2) is 75.2 Å². The lowest BCUT2D eigenvalue weighted by Crippen LogP contribution is -2.25. The van der Waals surface area contributed by atoms with Gasteiger partial charge in [0.1, 0.15) is 5.76 Å². The Hall–Kier alpha value is -3.56. The number of ether oxygens (including phenoxy) is 1. The molecule has 0 radical (unpaired) electrons. The molecule has 1 N–H and O–H groups in total. The molecule has 0 spiro atoms. The van der Waals surface area contributed by atoms with E-state index in [-0.39, 0.29) is 29.3 Å². The zero-order valence-electron chi connectivity index (χ0n) is 17.4. The number of furan rings is 1. The number of esters is 1. The maximum absolute atomic E-state index is 13.1. The van der Waals surface area contributed by atoms with Gasteiger partial charge in [-0.25, -0.2) is 9.78 Å². The smallest absolute Gasteiger partial charge is 0.339 e. The Morgan fingerprint density at radius 3 is 2.76 bits per heavy atom. The van der Waals surface area contributed by atoms with E-state index in [0.29, 0.717) is 32.5 Å². The van der Waals surface area contributed by atoms with E-state index in [9.17, 15) is 14.4 Å². The van der Waals surface area contributed by atoms with Gasteiger partial charge in [0.05, 0.1) is 47.8 Å². The van der Waals surface area contributed by atoms with Gasteiger partial charge in [-0.05, 0) is 42.5 Å². The SMILES string of the molecule is COC(=O)c1ccccc1NC(=O)CSc1nc2cc(Cl)ccc2c(=O)n1Cc1ccco1. The van der Waals surface area contributed by atoms with Crippen molar-refractivity contribution in [1.29, 1.82) is 0 Å². The monoisotopic (exact) mass is 483 g/mol. The maximum atomic E-state index is 13.1. The summed E-state index contributed by atoms with van der Waals surface area (Å²) < 4.78 is 11.6. The normalized spacial score (nSPS) is 10.8. The molecule has 2 aromatic carbocycles. The van der Waals surface area contributed by atoms with Crippen LogP contribution < -0.4 is 10.9 Å². The molecule has 0 saturated carbocycles. The number of fused-ring (bicyclic) bond motifs is 1. The van der Waals surface area contributed by atoms with Crippen LogP contribution in [-0.2, 0) is 16.1 Å². The maximum Gasteiger partial charge on any atom is 0.339 e. The molecule has 1 amide bonds. The number of carbonyl (C=O) groups is 2. The third-order valence-electron chi connectivity index (χ3n) is 4.72. The lowest BCUT2D eigenvalue weighted by Gasteiger charge is -2.13. The van der Waals surface area contributed by atoms with Crippen LogP contribution in [0.5, 0.6) is 0 Å². The van der Waals surface area contributed by atoms with E-state index in [0.717, 1.165) is 11.8 Å². The van der Waals surface area contributed by atoms with E-state index in [1.165, 1.54) is 17.9 Å². The zero-order chi connectivity index (χ0) is 23.4. The summed E-state index contributed by atoms with van der Waals surface area (Å²) in [4.78, 5) is 42.3. The van der Waals surface area contributed by atoms with Crippen molar-refractivity contribution in [1.82, 2.24) is 9.55 Å². The lowest BCUT2D eigenvalue weighted by molar-refractivity contribution is -0.113. The average molecular weight is 484 g/mol. The molecule has 168 valence electrons. The number of benzene rings is 2. The van der Waals surface area contributed by atoms with Gasteiger partial charge in [-0.1, -0.05) is 35.5 Å². The van der Waals surface area contributed by atoms with Crippen molar-refractivity contribution >= 4 is 51.8 Å². The largest absolute Gasteiger partial charge is 0.467 e. The molecule has 0 aliphatic carbocycles. The van der Waals surface area contributed by atoms with E-state index in [1.54, 1.807) is 54.6 Å². The van der Waals surface area contributed by atoms with Crippen LogP contribution in [-0.4, -0.2) is 34.3 Å². The van der Waals surface area contributed by atoms with E-state index in [2.05, 4.69) is 10.3 Å². The molecule has 4 rings (SSSR count). The summed E-state index contributed by atoms with van der Waals surface area (Å²) in [6.07, 6.45) is 1.52. The molecule has 0 aliphatic heterocycles. The number of carbonyl (C=O) groups excluding carboxylic acids is 2. The first kappa shape index (κ1) is 22.6. The van der Waals surface area contributed by atoms with Crippen LogP contribution in [0.4, 0.5) is 5.69 Å². The van der Waals surface area contributed by atoms with E-state index in [1.807, 2.05) is 0 Å². The third kappa shape index (κ3) is 5.10. The highest BCUT2D eigenvalue weighted by atomic mass is 35.5. The first-order valence-corrected chi connectivity index (χ1v) is 11.1. The molecule has 4 aromatic rings. The Morgan fingerprint density at radius 2 is 2.00 bits per heavy atom. The molecule has 0 unspecified atom stereocenters. The number of halogens is 1. The predicted octanol–water partition coefficient (Wildman–Crippen LogP) is 4.21. The first-order valence-electron chi connectivity index (χ1n) is 9.78. The zero-order valence-corrected chi connectivity index (χ0v) is 19.0. The number of para-hydroxylation sites is 1. The van der Waals surface area contributed by atoms with Gasteiger partial charge >= 0.3 is 5.97 Å². The number of nitrogens with zero attached hydrogens (tertiary/aromatic N) is 2. The summed E-state index contributed by atoms with van der Waals surface area (Å²) in [6.45, 7) is 0.159. The Morgan fingerprint density at radius 1 is 1.18 bits per heavy atom. The van der Waals surface area contributed by atoms with Crippen molar-refractivity contribution in [2.75, 3.05) is 18.2 Å². The molecule has 0 bridgehead atoms. The fourth-order valence-electron chi connectivity index (χ4n) is 3.18. The summed E-state index contributed by atoms with van der Waals surface area (Å²) in [5, 5.41) is 3.90. The Balaban J connectivity index is 1.61.